The number of rotatable bonds is 1. The number of hydrogen-bond acceptors (Lipinski definition) is 3. The van der Waals surface area contributed by atoms with Crippen molar-refractivity contribution in [3.63, 3.8) is 0 Å². The van der Waals surface area contributed by atoms with Crippen LogP contribution >= 0.6 is 27.3 Å². The Bertz CT molecular complexity index is 591. The maximum atomic E-state index is 11.7. The Morgan fingerprint density at radius 3 is 2.94 bits per heavy atom. The molecule has 2 nitrogen and oxygen atoms in total. The van der Waals surface area contributed by atoms with Crippen LogP contribution in [-0.4, -0.2) is 10.8 Å². The molecular formula is C13H10BrNOS. The number of aromatic nitrogens is 1. The van der Waals surface area contributed by atoms with Crippen LogP contribution < -0.4 is 0 Å². The molecule has 1 aromatic carbocycles. The van der Waals surface area contributed by atoms with Gasteiger partial charge in [-0.05, 0) is 25.0 Å². The van der Waals surface area contributed by atoms with E-state index in [1.165, 1.54) is 0 Å². The van der Waals surface area contributed by atoms with E-state index in [0.29, 0.717) is 12.1 Å². The maximum absolute atomic E-state index is 11.7. The molecule has 0 radical (unpaired) electrons. The highest BCUT2D eigenvalue weighted by molar-refractivity contribution is 9.10. The predicted octanol–water partition coefficient (Wildman–Crippen LogP) is 4.09. The van der Waals surface area contributed by atoms with Gasteiger partial charge in [-0.1, -0.05) is 28.1 Å². The van der Waals surface area contributed by atoms with Crippen LogP contribution in [0, 0.1) is 0 Å². The van der Waals surface area contributed by atoms with Crippen molar-refractivity contribution >= 4 is 33.0 Å². The van der Waals surface area contributed by atoms with Crippen molar-refractivity contribution in [1.82, 2.24) is 4.98 Å². The fraction of sp³-hybridized carbons (Fsp3) is 0.231. The van der Waals surface area contributed by atoms with Crippen molar-refractivity contribution in [2.45, 2.75) is 19.3 Å². The summed E-state index contributed by atoms with van der Waals surface area (Å²) in [7, 11) is 0. The van der Waals surface area contributed by atoms with Crippen molar-refractivity contribution in [3.05, 3.63) is 39.3 Å². The minimum absolute atomic E-state index is 0.198. The van der Waals surface area contributed by atoms with Crippen LogP contribution in [-0.2, 0) is 6.42 Å². The van der Waals surface area contributed by atoms with Crippen LogP contribution in [0.3, 0.4) is 0 Å². The van der Waals surface area contributed by atoms with E-state index in [1.54, 1.807) is 11.3 Å². The molecule has 0 saturated heterocycles. The zero-order valence-electron chi connectivity index (χ0n) is 9.07. The van der Waals surface area contributed by atoms with Gasteiger partial charge in [-0.25, -0.2) is 4.98 Å². The predicted molar refractivity (Wildman–Crippen MR) is 72.5 cm³/mol. The molecule has 0 saturated carbocycles. The highest BCUT2D eigenvalue weighted by atomic mass is 79.9. The lowest BCUT2D eigenvalue weighted by Gasteiger charge is -2.06. The lowest BCUT2D eigenvalue weighted by Crippen LogP contribution is -2.08. The zero-order valence-corrected chi connectivity index (χ0v) is 11.5. The molecule has 0 fully saturated rings. The van der Waals surface area contributed by atoms with Crippen molar-refractivity contribution in [2.24, 2.45) is 0 Å². The largest absolute Gasteiger partial charge is 0.292 e. The molecular weight excluding hydrogens is 298 g/mol. The number of fused-ring (bicyclic) bond motifs is 1. The molecule has 0 bridgehead atoms. The van der Waals surface area contributed by atoms with Gasteiger partial charge in [0.2, 0.25) is 0 Å². The van der Waals surface area contributed by atoms with E-state index in [2.05, 4.69) is 20.9 Å². The molecule has 2 aromatic rings. The molecule has 86 valence electrons. The Balaban J connectivity index is 2.08. The Kier molecular flexibility index (Phi) is 2.84. The normalized spacial score (nSPS) is 14.8. The van der Waals surface area contributed by atoms with Gasteiger partial charge >= 0.3 is 0 Å². The zero-order chi connectivity index (χ0) is 11.8. The highest BCUT2D eigenvalue weighted by Crippen LogP contribution is 2.33. The second-order valence-electron chi connectivity index (χ2n) is 4.08. The summed E-state index contributed by atoms with van der Waals surface area (Å²) in [5.74, 6) is 0.198. The number of halogens is 1. The van der Waals surface area contributed by atoms with Gasteiger partial charge in [-0.15, -0.1) is 11.3 Å². The third-order valence-corrected chi connectivity index (χ3v) is 4.50. The van der Waals surface area contributed by atoms with E-state index in [-0.39, 0.29) is 5.78 Å². The molecule has 0 aliphatic heterocycles. The van der Waals surface area contributed by atoms with Gasteiger partial charge in [0, 0.05) is 21.3 Å². The summed E-state index contributed by atoms with van der Waals surface area (Å²) >= 11 is 5.10. The first-order valence-corrected chi connectivity index (χ1v) is 7.14. The molecule has 0 atom stereocenters. The molecule has 0 spiro atoms. The third-order valence-electron chi connectivity index (χ3n) is 2.84. The number of hydrogen-bond donors (Lipinski definition) is 0. The summed E-state index contributed by atoms with van der Waals surface area (Å²) in [6, 6.07) is 8.04. The first-order chi connectivity index (χ1) is 8.24. The van der Waals surface area contributed by atoms with Crippen LogP contribution in [0.15, 0.2) is 28.7 Å². The second-order valence-corrected chi connectivity index (χ2v) is 6.08. The number of aryl methyl sites for hydroxylation is 1. The molecule has 1 heterocycles. The van der Waals surface area contributed by atoms with Crippen molar-refractivity contribution in [1.29, 1.82) is 0 Å². The molecule has 3 rings (SSSR count). The SMILES string of the molecule is O=C1CCCc2sc(-c3cccc(Br)c3)nc21. The van der Waals surface area contributed by atoms with E-state index in [0.717, 1.165) is 32.8 Å². The first kappa shape index (κ1) is 11.1. The van der Waals surface area contributed by atoms with Crippen LogP contribution in [0.25, 0.3) is 10.6 Å². The molecule has 0 N–H and O–H groups in total. The third kappa shape index (κ3) is 2.07. The van der Waals surface area contributed by atoms with Gasteiger partial charge in [-0.2, -0.15) is 0 Å². The number of thiazole rings is 1. The Hall–Kier alpha value is -1.00. The number of benzene rings is 1. The number of nitrogens with zero attached hydrogens (tertiary/aromatic N) is 1. The van der Waals surface area contributed by atoms with Crippen LogP contribution in [0.1, 0.15) is 28.2 Å². The van der Waals surface area contributed by atoms with Crippen LogP contribution in [0.2, 0.25) is 0 Å². The number of carbonyl (C=O) groups is 1. The molecule has 1 aromatic heterocycles. The minimum atomic E-state index is 0.198. The summed E-state index contributed by atoms with van der Waals surface area (Å²) < 4.78 is 1.04. The van der Waals surface area contributed by atoms with Crippen LogP contribution in [0.4, 0.5) is 0 Å². The Morgan fingerprint density at radius 2 is 2.18 bits per heavy atom. The lowest BCUT2D eigenvalue weighted by molar-refractivity contribution is 0.0968. The first-order valence-electron chi connectivity index (χ1n) is 5.53. The Morgan fingerprint density at radius 1 is 1.29 bits per heavy atom. The Labute approximate surface area is 112 Å². The van der Waals surface area contributed by atoms with Gasteiger partial charge in [0.05, 0.1) is 0 Å². The van der Waals surface area contributed by atoms with Gasteiger partial charge in [0.15, 0.2) is 5.78 Å². The fourth-order valence-electron chi connectivity index (χ4n) is 2.01. The summed E-state index contributed by atoms with van der Waals surface area (Å²) in [6.07, 6.45) is 2.60. The second kappa shape index (κ2) is 4.35. The number of Topliss-reactive ketones (excluding diaryl/α,β-unsaturated/α-hetero) is 1. The van der Waals surface area contributed by atoms with Crippen molar-refractivity contribution in [2.75, 3.05) is 0 Å². The number of carbonyl (C=O) groups excluding carboxylic acids is 1. The van der Waals surface area contributed by atoms with Crippen LogP contribution in [0.5, 0.6) is 0 Å². The molecule has 4 heteroatoms. The topological polar surface area (TPSA) is 30.0 Å². The van der Waals surface area contributed by atoms with E-state index >= 15 is 0 Å². The van der Waals surface area contributed by atoms with E-state index in [4.69, 9.17) is 0 Å². The smallest absolute Gasteiger partial charge is 0.182 e. The lowest BCUT2D eigenvalue weighted by atomic mass is 10.0. The summed E-state index contributed by atoms with van der Waals surface area (Å²) in [5.41, 5.74) is 1.78. The minimum Gasteiger partial charge on any atom is -0.292 e. The quantitative estimate of drug-likeness (QED) is 0.794. The van der Waals surface area contributed by atoms with Gasteiger partial charge < -0.3 is 0 Å². The van der Waals surface area contributed by atoms with Crippen molar-refractivity contribution in [3.8, 4) is 10.6 Å². The van der Waals surface area contributed by atoms with Gasteiger partial charge in [0.25, 0.3) is 0 Å². The highest BCUT2D eigenvalue weighted by Gasteiger charge is 2.22. The fourth-order valence-corrected chi connectivity index (χ4v) is 3.53. The summed E-state index contributed by atoms with van der Waals surface area (Å²) in [4.78, 5) is 17.4. The average molecular weight is 308 g/mol. The van der Waals surface area contributed by atoms with E-state index in [9.17, 15) is 4.79 Å². The van der Waals surface area contributed by atoms with Gasteiger partial charge in [0.1, 0.15) is 10.7 Å². The summed E-state index contributed by atoms with van der Waals surface area (Å²) in [5, 5.41) is 0.951. The molecule has 1 aliphatic rings. The van der Waals surface area contributed by atoms with E-state index < -0.39 is 0 Å². The maximum Gasteiger partial charge on any atom is 0.182 e. The van der Waals surface area contributed by atoms with Crippen molar-refractivity contribution < 1.29 is 4.79 Å². The standard InChI is InChI=1S/C13H10BrNOS/c14-9-4-1-3-8(7-9)13-15-12-10(16)5-2-6-11(12)17-13/h1,3-4,7H,2,5-6H2. The molecule has 0 unspecified atom stereocenters. The van der Waals surface area contributed by atoms with E-state index in [1.807, 2.05) is 24.3 Å². The monoisotopic (exact) mass is 307 g/mol. The molecule has 1 aliphatic carbocycles. The molecule has 17 heavy (non-hydrogen) atoms. The van der Waals surface area contributed by atoms with Gasteiger partial charge in [-0.3, -0.25) is 4.79 Å². The number of ketones is 1. The summed E-state index contributed by atoms with van der Waals surface area (Å²) in [6.45, 7) is 0. The molecule has 0 amide bonds. The average Bonchev–Trinajstić information content (AvgIpc) is 2.74.